The molecule has 110 valence electrons. The molecule has 1 saturated carbocycles. The highest BCUT2D eigenvalue weighted by Gasteiger charge is 2.28. The minimum absolute atomic E-state index is 0.0760. The Morgan fingerprint density at radius 1 is 1.35 bits per heavy atom. The van der Waals surface area contributed by atoms with Crippen molar-refractivity contribution in [2.45, 2.75) is 38.3 Å². The molecule has 0 heterocycles. The standard InChI is InChI=1S/C16H23NO3/c1-20-12-13-6-8-14(9-7-13)16(19)17(10-3-11-18)15-4-2-5-15/h6-9,15,18H,2-5,10-12H2,1H3. The van der Waals surface area contributed by atoms with Crippen LogP contribution in [0.3, 0.4) is 0 Å². The molecule has 1 aromatic rings. The molecule has 1 aromatic carbocycles. The molecule has 1 N–H and O–H groups in total. The van der Waals surface area contributed by atoms with Gasteiger partial charge in [0.15, 0.2) is 0 Å². The molecule has 0 atom stereocenters. The zero-order valence-electron chi connectivity index (χ0n) is 12.0. The number of carbonyl (C=O) groups excluding carboxylic acids is 1. The van der Waals surface area contributed by atoms with Gasteiger partial charge in [-0.3, -0.25) is 4.79 Å². The molecule has 0 aliphatic heterocycles. The zero-order chi connectivity index (χ0) is 14.4. The van der Waals surface area contributed by atoms with Gasteiger partial charge in [0, 0.05) is 31.9 Å². The van der Waals surface area contributed by atoms with Crippen LogP contribution < -0.4 is 0 Å². The highest BCUT2D eigenvalue weighted by atomic mass is 16.5. The van der Waals surface area contributed by atoms with Crippen molar-refractivity contribution in [3.63, 3.8) is 0 Å². The fourth-order valence-electron chi connectivity index (χ4n) is 2.47. The summed E-state index contributed by atoms with van der Waals surface area (Å²) in [5.74, 6) is 0.0760. The molecule has 0 bridgehead atoms. The number of benzene rings is 1. The van der Waals surface area contributed by atoms with Crippen LogP contribution in [0, 0.1) is 0 Å². The van der Waals surface area contributed by atoms with Crippen molar-refractivity contribution in [2.75, 3.05) is 20.3 Å². The second-order valence-electron chi connectivity index (χ2n) is 5.29. The van der Waals surface area contributed by atoms with Crippen molar-refractivity contribution in [1.82, 2.24) is 4.90 Å². The lowest BCUT2D eigenvalue weighted by molar-refractivity contribution is 0.0562. The third-order valence-corrected chi connectivity index (χ3v) is 3.85. The van der Waals surface area contributed by atoms with Crippen LogP contribution in [0.15, 0.2) is 24.3 Å². The van der Waals surface area contributed by atoms with E-state index in [1.165, 1.54) is 6.42 Å². The minimum atomic E-state index is 0.0760. The monoisotopic (exact) mass is 277 g/mol. The summed E-state index contributed by atoms with van der Waals surface area (Å²) < 4.78 is 5.07. The lowest BCUT2D eigenvalue weighted by atomic mass is 9.90. The van der Waals surface area contributed by atoms with Crippen molar-refractivity contribution < 1.29 is 14.6 Å². The predicted molar refractivity (Wildman–Crippen MR) is 77.5 cm³/mol. The van der Waals surface area contributed by atoms with Gasteiger partial charge in [0.25, 0.3) is 5.91 Å². The highest BCUT2D eigenvalue weighted by Crippen LogP contribution is 2.26. The number of nitrogens with zero attached hydrogens (tertiary/aromatic N) is 1. The average Bonchev–Trinajstić information content (AvgIpc) is 2.42. The van der Waals surface area contributed by atoms with Crippen molar-refractivity contribution in [1.29, 1.82) is 0 Å². The summed E-state index contributed by atoms with van der Waals surface area (Å²) in [7, 11) is 1.66. The molecule has 0 spiro atoms. The first-order valence-electron chi connectivity index (χ1n) is 7.26. The van der Waals surface area contributed by atoms with E-state index in [0.29, 0.717) is 25.6 Å². The van der Waals surface area contributed by atoms with E-state index in [9.17, 15) is 4.79 Å². The molecule has 1 aliphatic rings. The quantitative estimate of drug-likeness (QED) is 0.831. The van der Waals surface area contributed by atoms with E-state index < -0.39 is 0 Å². The predicted octanol–water partition coefficient (Wildman–Crippen LogP) is 2.21. The van der Waals surface area contributed by atoms with E-state index in [1.54, 1.807) is 7.11 Å². The summed E-state index contributed by atoms with van der Waals surface area (Å²) in [6, 6.07) is 7.94. The molecule has 0 saturated heterocycles. The van der Waals surface area contributed by atoms with Gasteiger partial charge in [-0.1, -0.05) is 12.1 Å². The molecule has 0 unspecified atom stereocenters. The summed E-state index contributed by atoms with van der Waals surface area (Å²) in [6.07, 6.45) is 4.00. The number of rotatable bonds is 7. The Bertz CT molecular complexity index is 426. The van der Waals surface area contributed by atoms with Gasteiger partial charge in [-0.15, -0.1) is 0 Å². The molecule has 0 radical (unpaired) electrons. The second kappa shape index (κ2) is 7.41. The van der Waals surface area contributed by atoms with E-state index in [1.807, 2.05) is 29.2 Å². The fourth-order valence-corrected chi connectivity index (χ4v) is 2.47. The van der Waals surface area contributed by atoms with Gasteiger partial charge >= 0.3 is 0 Å². The number of carbonyl (C=O) groups is 1. The van der Waals surface area contributed by atoms with Crippen LogP contribution in [-0.4, -0.2) is 42.2 Å². The van der Waals surface area contributed by atoms with Gasteiger partial charge in [-0.25, -0.2) is 0 Å². The molecule has 0 aromatic heterocycles. The first-order valence-corrected chi connectivity index (χ1v) is 7.26. The van der Waals surface area contributed by atoms with Gasteiger partial charge in [0.1, 0.15) is 0 Å². The van der Waals surface area contributed by atoms with Gasteiger partial charge in [0.05, 0.1) is 6.61 Å². The van der Waals surface area contributed by atoms with Crippen LogP contribution in [0.25, 0.3) is 0 Å². The van der Waals surface area contributed by atoms with Crippen LogP contribution in [0.5, 0.6) is 0 Å². The van der Waals surface area contributed by atoms with Gasteiger partial charge in [-0.2, -0.15) is 0 Å². The van der Waals surface area contributed by atoms with E-state index >= 15 is 0 Å². The highest BCUT2D eigenvalue weighted by molar-refractivity contribution is 5.94. The Kier molecular flexibility index (Phi) is 5.56. The number of hydrogen-bond donors (Lipinski definition) is 1. The Balaban J connectivity index is 2.05. The van der Waals surface area contributed by atoms with Crippen LogP contribution >= 0.6 is 0 Å². The maximum Gasteiger partial charge on any atom is 0.254 e. The summed E-state index contributed by atoms with van der Waals surface area (Å²) in [4.78, 5) is 14.5. The number of amides is 1. The minimum Gasteiger partial charge on any atom is -0.396 e. The normalized spacial score (nSPS) is 14.9. The molecule has 1 amide bonds. The number of aliphatic hydroxyl groups excluding tert-OH is 1. The maximum absolute atomic E-state index is 12.6. The summed E-state index contributed by atoms with van der Waals surface area (Å²) in [5, 5.41) is 8.98. The summed E-state index contributed by atoms with van der Waals surface area (Å²) in [5.41, 5.74) is 1.78. The third kappa shape index (κ3) is 3.58. The summed E-state index contributed by atoms with van der Waals surface area (Å²) in [6.45, 7) is 1.33. The van der Waals surface area contributed by atoms with E-state index in [0.717, 1.165) is 24.0 Å². The molecule has 20 heavy (non-hydrogen) atoms. The van der Waals surface area contributed by atoms with E-state index in [2.05, 4.69) is 0 Å². The molecular formula is C16H23NO3. The van der Waals surface area contributed by atoms with Crippen LogP contribution in [0.4, 0.5) is 0 Å². The van der Waals surface area contributed by atoms with E-state index in [4.69, 9.17) is 9.84 Å². The van der Waals surface area contributed by atoms with Crippen LogP contribution in [0.2, 0.25) is 0 Å². The van der Waals surface area contributed by atoms with Crippen molar-refractivity contribution in [3.8, 4) is 0 Å². The topological polar surface area (TPSA) is 49.8 Å². The van der Waals surface area contributed by atoms with Gasteiger partial charge in [-0.05, 0) is 43.4 Å². The summed E-state index contributed by atoms with van der Waals surface area (Å²) >= 11 is 0. The molecule has 1 aliphatic carbocycles. The number of methoxy groups -OCH3 is 1. The first-order chi connectivity index (χ1) is 9.76. The Hall–Kier alpha value is -1.39. The Morgan fingerprint density at radius 2 is 2.05 bits per heavy atom. The third-order valence-electron chi connectivity index (χ3n) is 3.85. The van der Waals surface area contributed by atoms with Crippen molar-refractivity contribution in [3.05, 3.63) is 35.4 Å². The second-order valence-corrected chi connectivity index (χ2v) is 5.29. The lowest BCUT2D eigenvalue weighted by Gasteiger charge is -2.37. The molecule has 2 rings (SSSR count). The largest absolute Gasteiger partial charge is 0.396 e. The first kappa shape index (κ1) is 15.0. The van der Waals surface area contributed by atoms with Crippen LogP contribution in [-0.2, 0) is 11.3 Å². The Labute approximate surface area is 120 Å². The molecular weight excluding hydrogens is 254 g/mol. The van der Waals surface area contributed by atoms with Gasteiger partial charge < -0.3 is 14.7 Å². The Morgan fingerprint density at radius 3 is 2.55 bits per heavy atom. The maximum atomic E-state index is 12.6. The smallest absolute Gasteiger partial charge is 0.254 e. The SMILES string of the molecule is COCc1ccc(C(=O)N(CCCO)C2CCC2)cc1. The molecule has 4 heteroatoms. The average molecular weight is 277 g/mol. The molecule has 4 nitrogen and oxygen atoms in total. The number of ether oxygens (including phenoxy) is 1. The van der Waals surface area contributed by atoms with Gasteiger partial charge in [0.2, 0.25) is 0 Å². The van der Waals surface area contributed by atoms with E-state index in [-0.39, 0.29) is 12.5 Å². The lowest BCUT2D eigenvalue weighted by Crippen LogP contribution is -2.44. The van der Waals surface area contributed by atoms with Crippen LogP contribution in [0.1, 0.15) is 41.6 Å². The fraction of sp³-hybridized carbons (Fsp3) is 0.562. The number of aliphatic hydroxyl groups is 1. The number of hydrogen-bond acceptors (Lipinski definition) is 3. The van der Waals surface area contributed by atoms with Crippen molar-refractivity contribution >= 4 is 5.91 Å². The zero-order valence-corrected chi connectivity index (χ0v) is 12.0. The van der Waals surface area contributed by atoms with Crippen molar-refractivity contribution in [2.24, 2.45) is 0 Å². The molecule has 1 fully saturated rings.